The zero-order chi connectivity index (χ0) is 11.3. The van der Waals surface area contributed by atoms with E-state index in [1.165, 1.54) is 0 Å². The molecule has 1 aromatic rings. The summed E-state index contributed by atoms with van der Waals surface area (Å²) in [4.78, 5) is 2.12. The van der Waals surface area contributed by atoms with E-state index in [1.807, 2.05) is 32.3 Å². The lowest BCUT2D eigenvalue weighted by Crippen LogP contribution is -2.20. The van der Waals surface area contributed by atoms with Crippen molar-refractivity contribution >= 4 is 21.6 Å². The predicted molar refractivity (Wildman–Crippen MR) is 65.9 cm³/mol. The van der Waals surface area contributed by atoms with Crippen LogP contribution < -0.4 is 5.32 Å². The molecule has 1 rings (SSSR count). The van der Waals surface area contributed by atoms with Gasteiger partial charge in [-0.15, -0.1) is 0 Å². The standard InChI is InChI=1S/C11H14BrN3/c1-15(2)6-5-14-10-4-3-9(8-13)11(12)7-10/h3-4,7,14H,5-6H2,1-2H3. The van der Waals surface area contributed by atoms with Crippen molar-refractivity contribution in [1.82, 2.24) is 4.90 Å². The Morgan fingerprint density at radius 3 is 2.73 bits per heavy atom. The molecule has 0 atom stereocenters. The van der Waals surface area contributed by atoms with Gasteiger partial charge in [-0.05, 0) is 48.2 Å². The van der Waals surface area contributed by atoms with E-state index in [4.69, 9.17) is 5.26 Å². The lowest BCUT2D eigenvalue weighted by Gasteiger charge is -2.11. The molecule has 1 N–H and O–H groups in total. The van der Waals surface area contributed by atoms with Gasteiger partial charge in [0, 0.05) is 23.2 Å². The van der Waals surface area contributed by atoms with E-state index >= 15 is 0 Å². The number of benzene rings is 1. The minimum Gasteiger partial charge on any atom is -0.384 e. The first kappa shape index (κ1) is 12.0. The van der Waals surface area contributed by atoms with Crippen LogP contribution >= 0.6 is 15.9 Å². The third kappa shape index (κ3) is 3.90. The monoisotopic (exact) mass is 267 g/mol. The molecule has 0 aliphatic carbocycles. The van der Waals surface area contributed by atoms with Crippen molar-refractivity contribution in [3.05, 3.63) is 28.2 Å². The van der Waals surface area contributed by atoms with Gasteiger partial charge in [0.15, 0.2) is 0 Å². The second-order valence-corrected chi connectivity index (χ2v) is 4.39. The van der Waals surface area contributed by atoms with Crippen LogP contribution in [0.2, 0.25) is 0 Å². The van der Waals surface area contributed by atoms with Gasteiger partial charge in [-0.2, -0.15) is 5.26 Å². The largest absolute Gasteiger partial charge is 0.384 e. The number of rotatable bonds is 4. The first-order valence-corrected chi connectivity index (χ1v) is 5.51. The Bertz CT molecular complexity index is 369. The van der Waals surface area contributed by atoms with Crippen molar-refractivity contribution in [2.24, 2.45) is 0 Å². The van der Waals surface area contributed by atoms with Gasteiger partial charge in [0.25, 0.3) is 0 Å². The lowest BCUT2D eigenvalue weighted by atomic mass is 10.2. The fourth-order valence-corrected chi connectivity index (χ4v) is 1.61. The molecule has 0 unspecified atom stereocenters. The molecular formula is C11H14BrN3. The topological polar surface area (TPSA) is 39.1 Å². The second-order valence-electron chi connectivity index (χ2n) is 3.54. The Kier molecular flexibility index (Phi) is 4.60. The quantitative estimate of drug-likeness (QED) is 0.910. The molecule has 0 aromatic heterocycles. The van der Waals surface area contributed by atoms with Crippen LogP contribution in [-0.2, 0) is 0 Å². The SMILES string of the molecule is CN(C)CCNc1ccc(C#N)c(Br)c1. The van der Waals surface area contributed by atoms with E-state index < -0.39 is 0 Å². The molecule has 3 nitrogen and oxygen atoms in total. The third-order valence-electron chi connectivity index (χ3n) is 1.98. The van der Waals surface area contributed by atoms with E-state index in [9.17, 15) is 0 Å². The van der Waals surface area contributed by atoms with Crippen molar-refractivity contribution in [3.8, 4) is 6.07 Å². The van der Waals surface area contributed by atoms with E-state index in [-0.39, 0.29) is 0 Å². The van der Waals surface area contributed by atoms with Crippen LogP contribution in [0.5, 0.6) is 0 Å². The third-order valence-corrected chi connectivity index (χ3v) is 2.63. The predicted octanol–water partition coefficient (Wildman–Crippen LogP) is 2.29. The molecule has 0 aliphatic heterocycles. The summed E-state index contributed by atoms with van der Waals surface area (Å²) in [7, 11) is 4.08. The molecule has 0 bridgehead atoms. The Morgan fingerprint density at radius 1 is 1.47 bits per heavy atom. The van der Waals surface area contributed by atoms with Gasteiger partial charge in [0.2, 0.25) is 0 Å². The number of likely N-dealkylation sites (N-methyl/N-ethyl adjacent to an activating group) is 1. The van der Waals surface area contributed by atoms with Crippen LogP contribution in [0.1, 0.15) is 5.56 Å². The number of hydrogen-bond donors (Lipinski definition) is 1. The Hall–Kier alpha value is -1.05. The van der Waals surface area contributed by atoms with Gasteiger partial charge in [0.1, 0.15) is 6.07 Å². The van der Waals surface area contributed by atoms with E-state index in [2.05, 4.69) is 32.2 Å². The summed E-state index contributed by atoms with van der Waals surface area (Å²) >= 11 is 3.36. The van der Waals surface area contributed by atoms with Gasteiger partial charge >= 0.3 is 0 Å². The number of anilines is 1. The molecule has 0 saturated heterocycles. The van der Waals surface area contributed by atoms with Crippen LogP contribution in [-0.4, -0.2) is 32.1 Å². The summed E-state index contributed by atoms with van der Waals surface area (Å²) in [5.74, 6) is 0. The highest BCUT2D eigenvalue weighted by Gasteiger charge is 1.99. The molecule has 0 aliphatic rings. The van der Waals surface area contributed by atoms with Crippen molar-refractivity contribution < 1.29 is 0 Å². The first-order valence-electron chi connectivity index (χ1n) is 4.71. The average molecular weight is 268 g/mol. The minimum absolute atomic E-state index is 0.660. The van der Waals surface area contributed by atoms with Crippen molar-refractivity contribution in [1.29, 1.82) is 5.26 Å². The van der Waals surface area contributed by atoms with Gasteiger partial charge in [0.05, 0.1) is 5.56 Å². The van der Waals surface area contributed by atoms with Crippen LogP contribution in [0, 0.1) is 11.3 Å². The molecule has 0 saturated carbocycles. The normalized spacial score (nSPS) is 10.1. The summed E-state index contributed by atoms with van der Waals surface area (Å²) < 4.78 is 0.833. The molecule has 0 fully saturated rings. The molecule has 0 amide bonds. The van der Waals surface area contributed by atoms with E-state index in [0.717, 1.165) is 23.2 Å². The summed E-state index contributed by atoms with van der Waals surface area (Å²) in [5.41, 5.74) is 1.69. The van der Waals surface area contributed by atoms with Gasteiger partial charge < -0.3 is 10.2 Å². The number of nitriles is 1. The van der Waals surface area contributed by atoms with Gasteiger partial charge in [-0.1, -0.05) is 0 Å². The van der Waals surface area contributed by atoms with Gasteiger partial charge in [-0.25, -0.2) is 0 Å². The fraction of sp³-hybridized carbons (Fsp3) is 0.364. The van der Waals surface area contributed by atoms with E-state index in [0.29, 0.717) is 5.56 Å². The average Bonchev–Trinajstić information content (AvgIpc) is 2.17. The Morgan fingerprint density at radius 2 is 2.20 bits per heavy atom. The van der Waals surface area contributed by atoms with Crippen LogP contribution in [0.25, 0.3) is 0 Å². The molecular weight excluding hydrogens is 254 g/mol. The lowest BCUT2D eigenvalue weighted by molar-refractivity contribution is 0.425. The smallest absolute Gasteiger partial charge is 0.100 e. The summed E-state index contributed by atoms with van der Waals surface area (Å²) in [6.45, 7) is 1.88. The van der Waals surface area contributed by atoms with Crippen molar-refractivity contribution in [3.63, 3.8) is 0 Å². The molecule has 0 radical (unpaired) electrons. The second kappa shape index (κ2) is 5.74. The Balaban J connectivity index is 2.57. The maximum Gasteiger partial charge on any atom is 0.100 e. The molecule has 80 valence electrons. The number of halogens is 1. The van der Waals surface area contributed by atoms with Crippen LogP contribution in [0.4, 0.5) is 5.69 Å². The molecule has 0 heterocycles. The number of nitrogens with one attached hydrogen (secondary N) is 1. The van der Waals surface area contributed by atoms with E-state index in [1.54, 1.807) is 0 Å². The highest BCUT2D eigenvalue weighted by molar-refractivity contribution is 9.10. The van der Waals surface area contributed by atoms with Crippen LogP contribution in [0.3, 0.4) is 0 Å². The van der Waals surface area contributed by atoms with Crippen molar-refractivity contribution in [2.45, 2.75) is 0 Å². The minimum atomic E-state index is 0.660. The van der Waals surface area contributed by atoms with Crippen LogP contribution in [0.15, 0.2) is 22.7 Å². The zero-order valence-corrected chi connectivity index (χ0v) is 10.5. The number of hydrogen-bond acceptors (Lipinski definition) is 3. The maximum absolute atomic E-state index is 8.75. The fourth-order valence-electron chi connectivity index (χ4n) is 1.14. The van der Waals surface area contributed by atoms with Gasteiger partial charge in [-0.3, -0.25) is 0 Å². The number of nitrogens with zero attached hydrogens (tertiary/aromatic N) is 2. The van der Waals surface area contributed by atoms with Crippen molar-refractivity contribution in [2.75, 3.05) is 32.5 Å². The Labute approximate surface area is 98.8 Å². The maximum atomic E-state index is 8.75. The molecule has 15 heavy (non-hydrogen) atoms. The summed E-state index contributed by atoms with van der Waals surface area (Å²) in [5, 5.41) is 12.0. The first-order chi connectivity index (χ1) is 7.13. The highest BCUT2D eigenvalue weighted by Crippen LogP contribution is 2.20. The summed E-state index contributed by atoms with van der Waals surface area (Å²) in [6, 6.07) is 7.76. The zero-order valence-electron chi connectivity index (χ0n) is 8.92. The molecule has 1 aromatic carbocycles. The molecule has 0 spiro atoms. The summed E-state index contributed by atoms with van der Waals surface area (Å²) in [6.07, 6.45) is 0. The highest BCUT2D eigenvalue weighted by atomic mass is 79.9. The molecule has 4 heteroatoms.